The van der Waals surface area contributed by atoms with E-state index in [0.29, 0.717) is 6.42 Å². The van der Waals surface area contributed by atoms with Crippen LogP contribution in [0.15, 0.2) is 12.3 Å². The highest BCUT2D eigenvalue weighted by Crippen LogP contribution is 2.01. The molecule has 2 rings (SSSR count). The van der Waals surface area contributed by atoms with E-state index in [4.69, 9.17) is 0 Å². The van der Waals surface area contributed by atoms with Gasteiger partial charge in [0.2, 0.25) is 6.04 Å². The van der Waals surface area contributed by atoms with Gasteiger partial charge in [-0.2, -0.15) is 0 Å². The van der Waals surface area contributed by atoms with Crippen LogP contribution in [0, 0.1) is 10.1 Å². The molecule has 1 atom stereocenters. The molecular formula is C8H8N2O2. The molecule has 1 aliphatic rings. The summed E-state index contributed by atoms with van der Waals surface area (Å²) in [6.45, 7) is 0. The van der Waals surface area contributed by atoms with Crippen LogP contribution < -0.4 is 10.6 Å². The van der Waals surface area contributed by atoms with E-state index < -0.39 is 6.04 Å². The number of hydrogen-bond donors (Lipinski definition) is 1. The molecule has 0 aromatic carbocycles. The Bertz CT molecular complexity index is 419. The molecule has 0 bridgehead atoms. The lowest BCUT2D eigenvalue weighted by molar-refractivity contribution is -0.503. The normalized spacial score (nSPS) is 20.5. The van der Waals surface area contributed by atoms with E-state index in [-0.39, 0.29) is 4.92 Å². The fourth-order valence-corrected chi connectivity index (χ4v) is 1.37. The topological polar surface area (TPSA) is 58.9 Å². The average molecular weight is 164 g/mol. The number of fused-ring (bicyclic) bond motifs is 1. The van der Waals surface area contributed by atoms with E-state index in [0.717, 1.165) is 10.6 Å². The molecule has 62 valence electrons. The summed E-state index contributed by atoms with van der Waals surface area (Å²) >= 11 is 0. The van der Waals surface area contributed by atoms with Crippen molar-refractivity contribution in [1.29, 1.82) is 0 Å². The maximum Gasteiger partial charge on any atom is 0.237 e. The fraction of sp³-hybridized carbons (Fsp3) is 0.250. The molecule has 4 nitrogen and oxygen atoms in total. The van der Waals surface area contributed by atoms with Crippen LogP contribution in [0.3, 0.4) is 0 Å². The van der Waals surface area contributed by atoms with E-state index in [1.165, 1.54) is 0 Å². The smallest absolute Gasteiger partial charge is 0.237 e. The monoisotopic (exact) mass is 164 g/mol. The van der Waals surface area contributed by atoms with Crippen molar-refractivity contribution in [2.24, 2.45) is 0 Å². The molecule has 0 saturated carbocycles. The summed E-state index contributed by atoms with van der Waals surface area (Å²) in [7, 11) is 0. The van der Waals surface area contributed by atoms with Crippen molar-refractivity contribution in [1.82, 2.24) is 4.98 Å². The molecule has 1 N–H and O–H groups in total. The van der Waals surface area contributed by atoms with Gasteiger partial charge in [-0.1, -0.05) is 6.08 Å². The molecular weight excluding hydrogens is 156 g/mol. The van der Waals surface area contributed by atoms with Gasteiger partial charge in [-0.05, 0) is 11.3 Å². The first-order valence-electron chi connectivity index (χ1n) is 3.76. The molecule has 0 amide bonds. The average Bonchev–Trinajstić information content (AvgIpc) is 2.49. The van der Waals surface area contributed by atoms with E-state index in [1.807, 2.05) is 12.1 Å². The number of H-pyrrole nitrogens is 1. The molecule has 12 heavy (non-hydrogen) atoms. The minimum Gasteiger partial charge on any atom is -0.361 e. The minimum atomic E-state index is -0.559. The van der Waals surface area contributed by atoms with Crippen LogP contribution in [0.2, 0.25) is 0 Å². The lowest BCUT2D eigenvalue weighted by atomic mass is 10.1. The van der Waals surface area contributed by atoms with Crippen LogP contribution in [0.5, 0.6) is 0 Å². The number of nitro groups is 1. The number of nitrogens with one attached hydrogen (secondary N) is 1. The number of aromatic amines is 1. The van der Waals surface area contributed by atoms with Crippen LogP contribution in [-0.2, 0) is 0 Å². The molecule has 0 saturated heterocycles. The quantitative estimate of drug-likeness (QED) is 0.454. The fourth-order valence-electron chi connectivity index (χ4n) is 1.37. The maximum atomic E-state index is 10.4. The van der Waals surface area contributed by atoms with Crippen LogP contribution in [0.4, 0.5) is 0 Å². The summed E-state index contributed by atoms with van der Waals surface area (Å²) in [6, 6.07) is 1.36. The van der Waals surface area contributed by atoms with Crippen molar-refractivity contribution in [3.05, 3.63) is 32.9 Å². The maximum absolute atomic E-state index is 10.4. The van der Waals surface area contributed by atoms with Crippen molar-refractivity contribution in [3.8, 4) is 0 Å². The Labute approximate surface area is 68.4 Å². The van der Waals surface area contributed by atoms with Crippen LogP contribution in [0.1, 0.15) is 6.42 Å². The van der Waals surface area contributed by atoms with Gasteiger partial charge >= 0.3 is 0 Å². The second kappa shape index (κ2) is 2.48. The second-order valence-electron chi connectivity index (χ2n) is 2.81. The van der Waals surface area contributed by atoms with E-state index in [9.17, 15) is 10.1 Å². The van der Waals surface area contributed by atoms with E-state index in [1.54, 1.807) is 12.3 Å². The van der Waals surface area contributed by atoms with Gasteiger partial charge in [0, 0.05) is 29.0 Å². The zero-order valence-electron chi connectivity index (χ0n) is 6.36. The van der Waals surface area contributed by atoms with Crippen molar-refractivity contribution >= 4 is 12.2 Å². The summed E-state index contributed by atoms with van der Waals surface area (Å²) in [5.41, 5.74) is 0. The van der Waals surface area contributed by atoms with Gasteiger partial charge in [0.05, 0.1) is 0 Å². The van der Waals surface area contributed by atoms with E-state index >= 15 is 0 Å². The van der Waals surface area contributed by atoms with Crippen LogP contribution >= 0.6 is 0 Å². The number of nitrogens with zero attached hydrogens (tertiary/aromatic N) is 1. The zero-order chi connectivity index (χ0) is 8.55. The van der Waals surface area contributed by atoms with Gasteiger partial charge in [-0.3, -0.25) is 10.1 Å². The summed E-state index contributed by atoms with van der Waals surface area (Å²) in [4.78, 5) is 13.1. The third-order valence-corrected chi connectivity index (χ3v) is 2.02. The Morgan fingerprint density at radius 2 is 2.50 bits per heavy atom. The summed E-state index contributed by atoms with van der Waals surface area (Å²) in [5, 5.41) is 12.4. The molecule has 1 heterocycles. The molecule has 0 aliphatic heterocycles. The molecule has 4 heteroatoms. The van der Waals surface area contributed by atoms with Crippen molar-refractivity contribution in [2.45, 2.75) is 12.5 Å². The summed E-state index contributed by atoms with van der Waals surface area (Å²) in [5.74, 6) is 0. The lowest BCUT2D eigenvalue weighted by Gasteiger charge is -2.02. The first-order chi connectivity index (χ1) is 5.77. The highest BCUT2D eigenvalue weighted by atomic mass is 16.6. The SMILES string of the molecule is O=[N+]([O-])C1C=c2[nH]ccc2=CC1. The molecule has 1 aromatic rings. The van der Waals surface area contributed by atoms with Gasteiger partial charge in [-0.25, -0.2) is 0 Å². The van der Waals surface area contributed by atoms with Crippen LogP contribution in [0.25, 0.3) is 12.2 Å². The second-order valence-corrected chi connectivity index (χ2v) is 2.81. The third kappa shape index (κ3) is 1.01. The van der Waals surface area contributed by atoms with Gasteiger partial charge in [0.1, 0.15) is 0 Å². The van der Waals surface area contributed by atoms with E-state index in [2.05, 4.69) is 4.98 Å². The Kier molecular flexibility index (Phi) is 1.46. The molecule has 0 spiro atoms. The Hall–Kier alpha value is -1.58. The molecule has 1 unspecified atom stereocenters. The summed E-state index contributed by atoms with van der Waals surface area (Å²) in [6.07, 6.45) is 5.84. The Balaban J connectivity index is 2.52. The van der Waals surface area contributed by atoms with Gasteiger partial charge in [0.15, 0.2) is 0 Å². The van der Waals surface area contributed by atoms with Gasteiger partial charge in [0.25, 0.3) is 0 Å². The zero-order valence-corrected chi connectivity index (χ0v) is 6.36. The largest absolute Gasteiger partial charge is 0.361 e. The van der Waals surface area contributed by atoms with Crippen LogP contribution in [-0.4, -0.2) is 15.9 Å². The van der Waals surface area contributed by atoms with Crippen molar-refractivity contribution < 1.29 is 4.92 Å². The molecule has 1 aromatic heterocycles. The summed E-state index contributed by atoms with van der Waals surface area (Å²) < 4.78 is 0. The van der Waals surface area contributed by atoms with Gasteiger partial charge in [-0.15, -0.1) is 0 Å². The van der Waals surface area contributed by atoms with Crippen molar-refractivity contribution in [3.63, 3.8) is 0 Å². The Morgan fingerprint density at radius 3 is 3.25 bits per heavy atom. The molecule has 0 radical (unpaired) electrons. The number of hydrogen-bond acceptors (Lipinski definition) is 2. The number of aromatic nitrogens is 1. The lowest BCUT2D eigenvalue weighted by Crippen LogP contribution is -2.32. The third-order valence-electron chi connectivity index (χ3n) is 2.02. The molecule has 1 aliphatic carbocycles. The molecule has 0 fully saturated rings. The first-order valence-corrected chi connectivity index (χ1v) is 3.76. The highest BCUT2D eigenvalue weighted by Gasteiger charge is 2.17. The highest BCUT2D eigenvalue weighted by molar-refractivity contribution is 5.39. The van der Waals surface area contributed by atoms with Crippen molar-refractivity contribution in [2.75, 3.05) is 0 Å². The predicted octanol–water partition coefficient (Wildman–Crippen LogP) is -0.375. The first kappa shape index (κ1) is 7.09. The Morgan fingerprint density at radius 1 is 1.67 bits per heavy atom. The number of rotatable bonds is 1. The van der Waals surface area contributed by atoms with Gasteiger partial charge < -0.3 is 4.98 Å². The minimum absolute atomic E-state index is 0.264. The predicted molar refractivity (Wildman–Crippen MR) is 44.4 cm³/mol. The standard InChI is InChI=1S/C8H8N2O2/c11-10(12)7-2-1-6-3-4-9-8(6)5-7/h1,3-5,7,9H,2H2.